The first kappa shape index (κ1) is 22.0. The average Bonchev–Trinajstić information content (AvgIpc) is 3.38. The van der Waals surface area contributed by atoms with E-state index in [0.29, 0.717) is 0 Å². The molecular weight excluding hydrogens is 455 g/mol. The molecule has 1 saturated carbocycles. The molecule has 27 heavy (non-hydrogen) atoms. The molecule has 3 rings (SSSR count). The molecule has 7 heteroatoms. The van der Waals surface area contributed by atoms with Crippen LogP contribution in [0.15, 0.2) is 27.8 Å². The number of likely N-dealkylation sites (tertiary alicyclic amines) is 1. The minimum absolute atomic E-state index is 0. The van der Waals surface area contributed by atoms with Crippen LogP contribution in [-0.4, -0.2) is 49.5 Å². The number of guanidine groups is 1. The van der Waals surface area contributed by atoms with Crippen molar-refractivity contribution >= 4 is 35.8 Å². The Balaban J connectivity index is 0.00000261. The van der Waals surface area contributed by atoms with Crippen LogP contribution in [0.2, 0.25) is 0 Å². The van der Waals surface area contributed by atoms with Crippen molar-refractivity contribution < 1.29 is 9.21 Å². The number of hydrogen-bond donors (Lipinski definition) is 2. The standard InChI is InChI=1S/C20H32N4O2.HI/c25-19(24-12-4-5-13-24)16-23-20(21-11-10-18-9-6-14-26-18)22-15-17-7-2-1-3-8-17;/h6,9,14,17H,1-5,7-8,10-13,15-16H2,(H2,21,22,23);1H. The van der Waals surface area contributed by atoms with Crippen molar-refractivity contribution in [2.24, 2.45) is 10.9 Å². The molecule has 2 aliphatic rings. The lowest BCUT2D eigenvalue weighted by molar-refractivity contribution is -0.128. The highest BCUT2D eigenvalue weighted by Crippen LogP contribution is 2.22. The summed E-state index contributed by atoms with van der Waals surface area (Å²) in [6.07, 6.45) is 11.3. The van der Waals surface area contributed by atoms with Gasteiger partial charge in [-0.3, -0.25) is 4.79 Å². The van der Waals surface area contributed by atoms with Crippen LogP contribution >= 0.6 is 24.0 Å². The molecule has 152 valence electrons. The maximum Gasteiger partial charge on any atom is 0.244 e. The third-order valence-electron chi connectivity index (χ3n) is 5.36. The fourth-order valence-electron chi connectivity index (χ4n) is 3.78. The predicted molar refractivity (Wildman–Crippen MR) is 119 cm³/mol. The highest BCUT2D eigenvalue weighted by atomic mass is 127. The minimum atomic E-state index is 0. The molecule has 1 amide bonds. The summed E-state index contributed by atoms with van der Waals surface area (Å²) in [5.74, 6) is 2.55. The van der Waals surface area contributed by atoms with Gasteiger partial charge in [0.25, 0.3) is 0 Å². The third-order valence-corrected chi connectivity index (χ3v) is 5.36. The van der Waals surface area contributed by atoms with Gasteiger partial charge < -0.3 is 20.0 Å². The Hall–Kier alpha value is -1.25. The zero-order valence-electron chi connectivity index (χ0n) is 16.1. The van der Waals surface area contributed by atoms with E-state index >= 15 is 0 Å². The molecule has 1 aromatic heterocycles. The summed E-state index contributed by atoms with van der Waals surface area (Å²) in [6.45, 7) is 3.66. The number of furan rings is 1. The van der Waals surface area contributed by atoms with Gasteiger partial charge >= 0.3 is 0 Å². The second-order valence-electron chi connectivity index (χ2n) is 7.39. The van der Waals surface area contributed by atoms with E-state index in [2.05, 4.69) is 15.6 Å². The third kappa shape index (κ3) is 7.71. The summed E-state index contributed by atoms with van der Waals surface area (Å²) < 4.78 is 5.38. The number of amides is 1. The fourth-order valence-corrected chi connectivity index (χ4v) is 3.78. The fraction of sp³-hybridized carbons (Fsp3) is 0.700. The Morgan fingerprint density at radius 3 is 2.63 bits per heavy atom. The lowest BCUT2D eigenvalue weighted by atomic mass is 9.89. The maximum absolute atomic E-state index is 12.3. The first-order chi connectivity index (χ1) is 12.8. The second kappa shape index (κ2) is 12.3. The number of rotatable bonds is 7. The van der Waals surface area contributed by atoms with Crippen molar-refractivity contribution in [3.63, 3.8) is 0 Å². The van der Waals surface area contributed by atoms with Crippen LogP contribution in [0.1, 0.15) is 50.7 Å². The van der Waals surface area contributed by atoms with Gasteiger partial charge in [0, 0.05) is 32.6 Å². The van der Waals surface area contributed by atoms with E-state index < -0.39 is 0 Å². The molecule has 6 nitrogen and oxygen atoms in total. The van der Waals surface area contributed by atoms with E-state index in [1.807, 2.05) is 17.0 Å². The molecule has 1 saturated heterocycles. The van der Waals surface area contributed by atoms with Crippen LogP contribution in [0.3, 0.4) is 0 Å². The van der Waals surface area contributed by atoms with E-state index in [1.54, 1.807) is 6.26 Å². The summed E-state index contributed by atoms with van der Waals surface area (Å²) in [6, 6.07) is 3.88. The number of carbonyl (C=O) groups excluding carboxylic acids is 1. The van der Waals surface area contributed by atoms with E-state index in [9.17, 15) is 4.79 Å². The molecule has 1 aliphatic carbocycles. The van der Waals surface area contributed by atoms with Crippen molar-refractivity contribution in [3.05, 3.63) is 24.2 Å². The Bertz CT molecular complexity index is 565. The van der Waals surface area contributed by atoms with Gasteiger partial charge in [-0.05, 0) is 43.7 Å². The summed E-state index contributed by atoms with van der Waals surface area (Å²) in [5.41, 5.74) is 0. The second-order valence-corrected chi connectivity index (χ2v) is 7.39. The van der Waals surface area contributed by atoms with E-state index in [4.69, 9.17) is 4.42 Å². The van der Waals surface area contributed by atoms with Crippen LogP contribution < -0.4 is 10.6 Å². The normalized spacial score (nSPS) is 18.2. The van der Waals surface area contributed by atoms with Crippen molar-refractivity contribution in [1.29, 1.82) is 0 Å². The smallest absolute Gasteiger partial charge is 0.244 e. The van der Waals surface area contributed by atoms with Gasteiger partial charge in [0.15, 0.2) is 5.96 Å². The van der Waals surface area contributed by atoms with Gasteiger partial charge in [0.1, 0.15) is 12.3 Å². The monoisotopic (exact) mass is 488 g/mol. The Labute approximate surface area is 179 Å². The topological polar surface area (TPSA) is 69.9 Å². The van der Waals surface area contributed by atoms with E-state index in [-0.39, 0.29) is 36.4 Å². The highest BCUT2D eigenvalue weighted by molar-refractivity contribution is 14.0. The van der Waals surface area contributed by atoms with Gasteiger partial charge in [0.2, 0.25) is 5.91 Å². The number of aliphatic imine (C=N–C) groups is 1. The van der Waals surface area contributed by atoms with Gasteiger partial charge in [-0.15, -0.1) is 24.0 Å². The molecule has 2 N–H and O–H groups in total. The predicted octanol–water partition coefficient (Wildman–Crippen LogP) is 3.18. The largest absolute Gasteiger partial charge is 0.469 e. The molecule has 1 aromatic rings. The van der Waals surface area contributed by atoms with Crippen LogP contribution in [0, 0.1) is 5.92 Å². The minimum Gasteiger partial charge on any atom is -0.469 e. The molecule has 0 spiro atoms. The zero-order valence-corrected chi connectivity index (χ0v) is 18.5. The van der Waals surface area contributed by atoms with Crippen molar-refractivity contribution in [1.82, 2.24) is 15.5 Å². The van der Waals surface area contributed by atoms with Gasteiger partial charge in [-0.1, -0.05) is 19.3 Å². The first-order valence-electron chi connectivity index (χ1n) is 10.1. The van der Waals surface area contributed by atoms with E-state index in [0.717, 1.165) is 63.1 Å². The van der Waals surface area contributed by atoms with Crippen molar-refractivity contribution in [3.8, 4) is 0 Å². The van der Waals surface area contributed by atoms with Crippen molar-refractivity contribution in [2.75, 3.05) is 32.7 Å². The van der Waals surface area contributed by atoms with Crippen LogP contribution in [-0.2, 0) is 11.2 Å². The van der Waals surface area contributed by atoms with E-state index in [1.165, 1.54) is 32.1 Å². The van der Waals surface area contributed by atoms with Crippen molar-refractivity contribution in [2.45, 2.75) is 51.4 Å². The van der Waals surface area contributed by atoms with Crippen LogP contribution in [0.5, 0.6) is 0 Å². The number of nitrogens with one attached hydrogen (secondary N) is 2. The number of halogens is 1. The van der Waals surface area contributed by atoms with Gasteiger partial charge in [0.05, 0.1) is 6.26 Å². The number of nitrogens with zero attached hydrogens (tertiary/aromatic N) is 2. The highest BCUT2D eigenvalue weighted by Gasteiger charge is 2.18. The molecule has 2 heterocycles. The van der Waals surface area contributed by atoms with Crippen LogP contribution in [0.25, 0.3) is 0 Å². The maximum atomic E-state index is 12.3. The Morgan fingerprint density at radius 1 is 1.15 bits per heavy atom. The van der Waals surface area contributed by atoms with Gasteiger partial charge in [-0.25, -0.2) is 4.99 Å². The lowest BCUT2D eigenvalue weighted by Gasteiger charge is -2.23. The molecule has 0 radical (unpaired) electrons. The summed E-state index contributed by atoms with van der Waals surface area (Å²) in [7, 11) is 0. The number of carbonyl (C=O) groups is 1. The molecule has 0 unspecified atom stereocenters. The lowest BCUT2D eigenvalue weighted by Crippen LogP contribution is -2.42. The summed E-state index contributed by atoms with van der Waals surface area (Å²) in [5, 5.41) is 6.80. The molecule has 0 aromatic carbocycles. The van der Waals surface area contributed by atoms with Gasteiger partial charge in [-0.2, -0.15) is 0 Å². The number of hydrogen-bond acceptors (Lipinski definition) is 3. The summed E-state index contributed by atoms with van der Waals surface area (Å²) >= 11 is 0. The molecule has 2 fully saturated rings. The van der Waals surface area contributed by atoms with Crippen LogP contribution in [0.4, 0.5) is 0 Å². The molecule has 0 atom stereocenters. The Morgan fingerprint density at radius 2 is 1.93 bits per heavy atom. The first-order valence-corrected chi connectivity index (χ1v) is 10.1. The molecule has 0 bridgehead atoms. The molecular formula is C20H33IN4O2. The quantitative estimate of drug-likeness (QED) is 0.352. The SMILES string of the molecule is I.O=C(CN=C(NCCc1ccco1)NCC1CCCCC1)N1CCCC1. The summed E-state index contributed by atoms with van der Waals surface area (Å²) in [4.78, 5) is 18.7. The Kier molecular flexibility index (Phi) is 10.0. The zero-order chi connectivity index (χ0) is 18.0. The molecule has 1 aliphatic heterocycles. The average molecular weight is 488 g/mol.